The summed E-state index contributed by atoms with van der Waals surface area (Å²) in [7, 11) is 0. The van der Waals surface area contributed by atoms with Crippen LogP contribution < -0.4 is 10.1 Å². The Morgan fingerprint density at radius 3 is 2.67 bits per heavy atom. The highest BCUT2D eigenvalue weighted by Gasteiger charge is 2.30. The van der Waals surface area contributed by atoms with Crippen LogP contribution in [-0.4, -0.2) is 37.0 Å². The Labute approximate surface area is 155 Å². The summed E-state index contributed by atoms with van der Waals surface area (Å²) >= 11 is 0. The fraction of sp³-hybridized carbons (Fsp3) is 0.421. The molecule has 1 fully saturated rings. The number of hydrogen-bond donors (Lipinski definition) is 1. The number of amides is 1. The van der Waals surface area contributed by atoms with Crippen molar-refractivity contribution in [3.63, 3.8) is 0 Å². The number of carbonyl (C=O) groups is 1. The van der Waals surface area contributed by atoms with Gasteiger partial charge in [0.25, 0.3) is 5.91 Å². The molecule has 0 bridgehead atoms. The minimum Gasteiger partial charge on any atom is -0.484 e. The molecule has 1 aliphatic heterocycles. The van der Waals surface area contributed by atoms with Crippen molar-refractivity contribution in [1.82, 2.24) is 10.2 Å². The molecule has 0 aliphatic carbocycles. The van der Waals surface area contributed by atoms with Crippen LogP contribution in [0.25, 0.3) is 0 Å². The molecule has 1 atom stereocenters. The molecule has 5 nitrogen and oxygen atoms in total. The van der Waals surface area contributed by atoms with E-state index < -0.39 is 17.6 Å². The summed E-state index contributed by atoms with van der Waals surface area (Å²) in [5, 5.41) is 2.78. The van der Waals surface area contributed by atoms with E-state index >= 15 is 0 Å². The van der Waals surface area contributed by atoms with Crippen LogP contribution >= 0.6 is 0 Å². The average molecular weight is 382 g/mol. The number of likely N-dealkylation sites (tertiary alicyclic amines) is 1. The van der Waals surface area contributed by atoms with Crippen molar-refractivity contribution in [2.24, 2.45) is 0 Å². The summed E-state index contributed by atoms with van der Waals surface area (Å²) < 4.78 is 48.8. The summed E-state index contributed by atoms with van der Waals surface area (Å²) in [4.78, 5) is 14.3. The maximum atomic E-state index is 12.7. The Kier molecular flexibility index (Phi) is 6.05. The summed E-state index contributed by atoms with van der Waals surface area (Å²) in [5.74, 6) is 0.376. The quantitative estimate of drug-likeness (QED) is 0.795. The highest BCUT2D eigenvalue weighted by molar-refractivity contribution is 5.77. The Balaban J connectivity index is 1.53. The van der Waals surface area contributed by atoms with Crippen LogP contribution in [0.1, 0.15) is 30.2 Å². The normalized spacial score (nSPS) is 16.3. The van der Waals surface area contributed by atoms with Gasteiger partial charge in [-0.3, -0.25) is 9.69 Å². The molecule has 2 aromatic rings. The first-order valence-electron chi connectivity index (χ1n) is 8.78. The fourth-order valence-electron chi connectivity index (χ4n) is 3.12. The third kappa shape index (κ3) is 5.26. The van der Waals surface area contributed by atoms with Gasteiger partial charge in [-0.25, -0.2) is 0 Å². The molecule has 1 amide bonds. The summed E-state index contributed by atoms with van der Waals surface area (Å²) in [6.45, 7) is 1.86. The lowest BCUT2D eigenvalue weighted by Crippen LogP contribution is -2.38. The van der Waals surface area contributed by atoms with Crippen molar-refractivity contribution in [2.75, 3.05) is 26.2 Å². The van der Waals surface area contributed by atoms with Crippen molar-refractivity contribution in [3.05, 3.63) is 54.0 Å². The first-order valence-corrected chi connectivity index (χ1v) is 8.78. The number of halogens is 3. The second-order valence-corrected chi connectivity index (χ2v) is 6.39. The van der Waals surface area contributed by atoms with E-state index in [-0.39, 0.29) is 18.4 Å². The third-order valence-corrected chi connectivity index (χ3v) is 4.48. The van der Waals surface area contributed by atoms with Crippen LogP contribution in [0.4, 0.5) is 13.2 Å². The number of ether oxygens (including phenoxy) is 1. The van der Waals surface area contributed by atoms with Gasteiger partial charge in [-0.05, 0) is 56.3 Å². The molecule has 1 aliphatic rings. The minimum atomic E-state index is -4.45. The number of rotatable bonds is 7. The van der Waals surface area contributed by atoms with E-state index in [1.807, 2.05) is 6.07 Å². The second-order valence-electron chi connectivity index (χ2n) is 6.39. The Morgan fingerprint density at radius 2 is 2.00 bits per heavy atom. The van der Waals surface area contributed by atoms with Crippen LogP contribution in [-0.2, 0) is 11.0 Å². The van der Waals surface area contributed by atoms with Crippen LogP contribution in [0.3, 0.4) is 0 Å². The topological polar surface area (TPSA) is 54.7 Å². The molecule has 0 radical (unpaired) electrons. The average Bonchev–Trinajstić information content (AvgIpc) is 3.34. The number of carbonyl (C=O) groups excluding carboxylic acids is 1. The Bertz CT molecular complexity index is 741. The van der Waals surface area contributed by atoms with Gasteiger partial charge in [-0.15, -0.1) is 0 Å². The van der Waals surface area contributed by atoms with Crippen molar-refractivity contribution in [2.45, 2.75) is 25.1 Å². The standard InChI is InChI=1S/C19H21F3N2O3/c20-19(21,22)14-5-3-6-15(11-14)27-13-18(25)23-12-16(17-7-4-10-26-17)24-8-1-2-9-24/h3-7,10-11,16H,1-2,8-9,12-13H2,(H,23,25). The molecule has 146 valence electrons. The third-order valence-electron chi connectivity index (χ3n) is 4.48. The molecule has 1 saturated heterocycles. The minimum absolute atomic E-state index is 0.00195. The number of alkyl halides is 3. The van der Waals surface area contributed by atoms with Gasteiger partial charge in [-0.2, -0.15) is 13.2 Å². The van der Waals surface area contributed by atoms with Crippen LogP contribution in [0.2, 0.25) is 0 Å². The molecule has 1 aromatic carbocycles. The van der Waals surface area contributed by atoms with Gasteiger partial charge in [0.2, 0.25) is 0 Å². The molecule has 27 heavy (non-hydrogen) atoms. The molecule has 0 saturated carbocycles. The molecule has 1 N–H and O–H groups in total. The molecular formula is C19H21F3N2O3. The predicted octanol–water partition coefficient (Wildman–Crippen LogP) is 3.63. The molecule has 1 unspecified atom stereocenters. The number of furan rings is 1. The maximum Gasteiger partial charge on any atom is 0.416 e. The zero-order valence-corrected chi connectivity index (χ0v) is 14.7. The number of nitrogens with zero attached hydrogens (tertiary/aromatic N) is 1. The zero-order valence-electron chi connectivity index (χ0n) is 14.7. The van der Waals surface area contributed by atoms with Gasteiger partial charge in [0.05, 0.1) is 17.9 Å². The Morgan fingerprint density at radius 1 is 1.22 bits per heavy atom. The van der Waals surface area contributed by atoms with E-state index in [1.165, 1.54) is 12.1 Å². The van der Waals surface area contributed by atoms with Crippen molar-refractivity contribution >= 4 is 5.91 Å². The SMILES string of the molecule is O=C(COc1cccc(C(F)(F)F)c1)NCC(c1ccco1)N1CCCC1. The molecule has 1 aromatic heterocycles. The smallest absolute Gasteiger partial charge is 0.416 e. The number of hydrogen-bond acceptors (Lipinski definition) is 4. The van der Waals surface area contributed by atoms with Gasteiger partial charge in [-0.1, -0.05) is 6.07 Å². The number of nitrogens with one attached hydrogen (secondary N) is 1. The van der Waals surface area contributed by atoms with E-state index in [1.54, 1.807) is 12.3 Å². The van der Waals surface area contributed by atoms with E-state index in [9.17, 15) is 18.0 Å². The lowest BCUT2D eigenvalue weighted by molar-refractivity contribution is -0.137. The van der Waals surface area contributed by atoms with E-state index in [2.05, 4.69) is 10.2 Å². The first kappa shape index (κ1) is 19.3. The van der Waals surface area contributed by atoms with Crippen LogP contribution in [0.5, 0.6) is 5.75 Å². The lowest BCUT2D eigenvalue weighted by Gasteiger charge is -2.26. The van der Waals surface area contributed by atoms with E-state index in [0.717, 1.165) is 43.8 Å². The van der Waals surface area contributed by atoms with Crippen LogP contribution in [0.15, 0.2) is 47.1 Å². The van der Waals surface area contributed by atoms with E-state index in [4.69, 9.17) is 9.15 Å². The van der Waals surface area contributed by atoms with Gasteiger partial charge < -0.3 is 14.5 Å². The van der Waals surface area contributed by atoms with E-state index in [0.29, 0.717) is 6.54 Å². The van der Waals surface area contributed by atoms with Crippen molar-refractivity contribution in [1.29, 1.82) is 0 Å². The largest absolute Gasteiger partial charge is 0.484 e. The molecule has 2 heterocycles. The van der Waals surface area contributed by atoms with Gasteiger partial charge in [0.15, 0.2) is 6.61 Å². The summed E-state index contributed by atoms with van der Waals surface area (Å²) in [6, 6.07) is 8.07. The predicted molar refractivity (Wildman–Crippen MR) is 92.2 cm³/mol. The summed E-state index contributed by atoms with van der Waals surface area (Å²) in [6.07, 6.45) is -0.655. The fourth-order valence-corrected chi connectivity index (χ4v) is 3.12. The zero-order chi connectivity index (χ0) is 19.3. The molecular weight excluding hydrogens is 361 g/mol. The second kappa shape index (κ2) is 8.47. The van der Waals surface area contributed by atoms with Crippen molar-refractivity contribution < 1.29 is 27.1 Å². The van der Waals surface area contributed by atoms with Crippen LogP contribution in [0, 0.1) is 0 Å². The molecule has 0 spiro atoms. The van der Waals surface area contributed by atoms with Crippen molar-refractivity contribution in [3.8, 4) is 5.75 Å². The lowest BCUT2D eigenvalue weighted by atomic mass is 10.2. The molecule has 8 heteroatoms. The van der Waals surface area contributed by atoms with Gasteiger partial charge in [0.1, 0.15) is 11.5 Å². The monoisotopic (exact) mass is 382 g/mol. The highest BCUT2D eigenvalue weighted by atomic mass is 19.4. The summed E-state index contributed by atoms with van der Waals surface area (Å²) in [5.41, 5.74) is -0.813. The molecule has 3 rings (SSSR count). The Hall–Kier alpha value is -2.48. The first-order chi connectivity index (χ1) is 12.9. The maximum absolute atomic E-state index is 12.7. The van der Waals surface area contributed by atoms with Gasteiger partial charge in [0, 0.05) is 6.54 Å². The number of benzene rings is 1. The highest BCUT2D eigenvalue weighted by Crippen LogP contribution is 2.31. The van der Waals surface area contributed by atoms with Gasteiger partial charge >= 0.3 is 6.18 Å².